The molecule has 8 heteroatoms. The van der Waals surface area contributed by atoms with E-state index in [4.69, 9.17) is 9.47 Å². The molecule has 1 aliphatic heterocycles. The molecule has 0 unspecified atom stereocenters. The van der Waals surface area contributed by atoms with Crippen LogP contribution in [0.5, 0.6) is 5.75 Å². The molecule has 136 valence electrons. The van der Waals surface area contributed by atoms with E-state index < -0.39 is 0 Å². The summed E-state index contributed by atoms with van der Waals surface area (Å²) in [4.78, 5) is 10.4. The van der Waals surface area contributed by atoms with Crippen LogP contribution in [0.3, 0.4) is 0 Å². The molecule has 0 spiro atoms. The van der Waals surface area contributed by atoms with Gasteiger partial charge in [-0.3, -0.25) is 0 Å². The lowest BCUT2D eigenvalue weighted by molar-refractivity contribution is -0.906. The van der Waals surface area contributed by atoms with Crippen molar-refractivity contribution in [1.29, 1.82) is 0 Å². The molecule has 3 heterocycles. The number of hydrogen-bond donors (Lipinski definition) is 2. The van der Waals surface area contributed by atoms with Crippen LogP contribution in [0, 0.1) is 0 Å². The van der Waals surface area contributed by atoms with Crippen LogP contribution in [-0.4, -0.2) is 66.3 Å². The van der Waals surface area contributed by atoms with Crippen molar-refractivity contribution in [2.45, 2.75) is 0 Å². The van der Waals surface area contributed by atoms with Crippen LogP contribution in [0.2, 0.25) is 0 Å². The molecule has 1 aromatic carbocycles. The predicted molar refractivity (Wildman–Crippen MR) is 98.1 cm³/mol. The van der Waals surface area contributed by atoms with Crippen LogP contribution < -0.4 is 15.0 Å². The van der Waals surface area contributed by atoms with Crippen molar-refractivity contribution >= 4 is 16.9 Å². The Morgan fingerprint density at radius 3 is 2.77 bits per heavy atom. The molecule has 2 N–H and O–H groups in total. The second kappa shape index (κ2) is 7.67. The maximum atomic E-state index is 5.40. The van der Waals surface area contributed by atoms with Crippen LogP contribution in [0.1, 0.15) is 0 Å². The Balaban J connectivity index is 1.50. The number of fused-ring (bicyclic) bond motifs is 1. The van der Waals surface area contributed by atoms with Gasteiger partial charge in [-0.15, -0.1) is 0 Å². The highest BCUT2D eigenvalue weighted by atomic mass is 16.5. The summed E-state index contributed by atoms with van der Waals surface area (Å²) in [5, 5.41) is 8.84. The van der Waals surface area contributed by atoms with Gasteiger partial charge in [0.05, 0.1) is 50.7 Å². The predicted octanol–water partition coefficient (Wildman–Crippen LogP) is 0.151. The van der Waals surface area contributed by atoms with Crippen LogP contribution >= 0.6 is 0 Å². The molecule has 26 heavy (non-hydrogen) atoms. The van der Waals surface area contributed by atoms with E-state index in [1.807, 2.05) is 35.1 Å². The summed E-state index contributed by atoms with van der Waals surface area (Å²) in [6, 6.07) is 7.74. The molecule has 8 nitrogen and oxygen atoms in total. The molecule has 0 saturated carbocycles. The fourth-order valence-electron chi connectivity index (χ4n) is 3.17. The largest absolute Gasteiger partial charge is 0.497 e. The van der Waals surface area contributed by atoms with Crippen LogP contribution in [0.4, 0.5) is 5.82 Å². The Hall–Kier alpha value is -2.71. The molecule has 1 aliphatic rings. The van der Waals surface area contributed by atoms with E-state index in [0.29, 0.717) is 0 Å². The van der Waals surface area contributed by atoms with Gasteiger partial charge in [-0.2, -0.15) is 5.10 Å². The van der Waals surface area contributed by atoms with Gasteiger partial charge in [-0.05, 0) is 24.3 Å². The summed E-state index contributed by atoms with van der Waals surface area (Å²) < 4.78 is 12.4. The van der Waals surface area contributed by atoms with Gasteiger partial charge >= 0.3 is 0 Å². The van der Waals surface area contributed by atoms with E-state index >= 15 is 0 Å². The molecular weight excluding hydrogens is 332 g/mol. The number of ether oxygens (including phenoxy) is 2. The summed E-state index contributed by atoms with van der Waals surface area (Å²) in [7, 11) is 1.65. The molecule has 0 amide bonds. The van der Waals surface area contributed by atoms with E-state index in [9.17, 15) is 0 Å². The third kappa shape index (κ3) is 3.47. The second-order valence-corrected chi connectivity index (χ2v) is 6.25. The third-order valence-electron chi connectivity index (χ3n) is 4.65. The van der Waals surface area contributed by atoms with E-state index in [2.05, 4.69) is 20.4 Å². The maximum Gasteiger partial charge on any atom is 0.168 e. The number of nitrogens with one attached hydrogen (secondary N) is 2. The highest BCUT2D eigenvalue weighted by Crippen LogP contribution is 2.22. The number of aromatic nitrogens is 4. The molecule has 3 aromatic rings. The first-order chi connectivity index (χ1) is 12.8. The molecule has 0 aliphatic carbocycles. The number of hydrogen-bond acceptors (Lipinski definition) is 6. The molecule has 2 aromatic heterocycles. The summed E-state index contributed by atoms with van der Waals surface area (Å²) >= 11 is 0. The molecule has 0 bridgehead atoms. The highest BCUT2D eigenvalue weighted by molar-refractivity contribution is 5.87. The van der Waals surface area contributed by atoms with Gasteiger partial charge in [0.1, 0.15) is 31.0 Å². The average molecular weight is 355 g/mol. The zero-order valence-electron chi connectivity index (χ0n) is 14.8. The Bertz CT molecular complexity index is 858. The van der Waals surface area contributed by atoms with Crippen molar-refractivity contribution in [2.75, 3.05) is 51.8 Å². The molecule has 0 radical (unpaired) electrons. The number of rotatable bonds is 6. The van der Waals surface area contributed by atoms with Crippen LogP contribution in [0.25, 0.3) is 16.7 Å². The monoisotopic (exact) mass is 355 g/mol. The fourth-order valence-corrected chi connectivity index (χ4v) is 3.17. The first-order valence-electron chi connectivity index (χ1n) is 8.83. The molecular formula is C18H23N6O2+. The lowest BCUT2D eigenvalue weighted by Gasteiger charge is -2.23. The lowest BCUT2D eigenvalue weighted by atomic mass is 10.3. The zero-order chi connectivity index (χ0) is 17.8. The number of benzene rings is 1. The van der Waals surface area contributed by atoms with Gasteiger partial charge in [0.15, 0.2) is 5.65 Å². The Morgan fingerprint density at radius 2 is 2.00 bits per heavy atom. The minimum absolute atomic E-state index is 0.784. The SMILES string of the molecule is COc1ccc(-n2ncc3c(NCC[NH+]4CCOCC4)ncnc32)cc1. The smallest absolute Gasteiger partial charge is 0.168 e. The first-order valence-corrected chi connectivity index (χ1v) is 8.83. The second-order valence-electron chi connectivity index (χ2n) is 6.25. The number of quaternary nitrogens is 1. The van der Waals surface area contributed by atoms with Gasteiger partial charge < -0.3 is 19.7 Å². The molecule has 4 rings (SSSR count). The lowest BCUT2D eigenvalue weighted by Crippen LogP contribution is -3.14. The third-order valence-corrected chi connectivity index (χ3v) is 4.65. The summed E-state index contributed by atoms with van der Waals surface area (Å²) in [6.07, 6.45) is 3.39. The number of anilines is 1. The fraction of sp³-hybridized carbons (Fsp3) is 0.389. The molecule has 1 saturated heterocycles. The summed E-state index contributed by atoms with van der Waals surface area (Å²) in [5.41, 5.74) is 1.72. The van der Waals surface area contributed by atoms with Crippen molar-refractivity contribution in [3.8, 4) is 11.4 Å². The first kappa shape index (κ1) is 16.7. The van der Waals surface area contributed by atoms with Crippen molar-refractivity contribution in [3.05, 3.63) is 36.8 Å². The molecule has 0 atom stereocenters. The minimum Gasteiger partial charge on any atom is -0.497 e. The van der Waals surface area contributed by atoms with Gasteiger partial charge in [0.2, 0.25) is 0 Å². The summed E-state index contributed by atoms with van der Waals surface area (Å²) in [5.74, 6) is 1.63. The zero-order valence-corrected chi connectivity index (χ0v) is 14.8. The van der Waals surface area contributed by atoms with Gasteiger partial charge in [-0.1, -0.05) is 0 Å². The standard InChI is InChI=1S/C18H22N6O2/c1-25-15-4-2-14(3-5-15)24-18-16(12-22-24)17(20-13-21-18)19-6-7-23-8-10-26-11-9-23/h2-5,12-13H,6-11H2,1H3,(H,19,20,21)/p+1. The average Bonchev–Trinajstić information content (AvgIpc) is 3.14. The Kier molecular flexibility index (Phi) is 4.94. The topological polar surface area (TPSA) is 78.5 Å². The van der Waals surface area contributed by atoms with E-state index in [0.717, 1.165) is 67.7 Å². The Morgan fingerprint density at radius 1 is 1.19 bits per heavy atom. The Labute approximate surface area is 151 Å². The van der Waals surface area contributed by atoms with Crippen molar-refractivity contribution in [2.24, 2.45) is 0 Å². The van der Waals surface area contributed by atoms with Crippen molar-refractivity contribution < 1.29 is 14.4 Å². The minimum atomic E-state index is 0.784. The van der Waals surface area contributed by atoms with Gasteiger partial charge in [0, 0.05) is 0 Å². The highest BCUT2D eigenvalue weighted by Gasteiger charge is 2.14. The summed E-state index contributed by atoms with van der Waals surface area (Å²) in [6.45, 7) is 5.73. The number of methoxy groups -OCH3 is 1. The van der Waals surface area contributed by atoms with Gasteiger partial charge in [0.25, 0.3) is 0 Å². The quantitative estimate of drug-likeness (QED) is 0.655. The van der Waals surface area contributed by atoms with E-state index in [1.165, 1.54) is 0 Å². The van der Waals surface area contributed by atoms with Crippen LogP contribution in [0.15, 0.2) is 36.8 Å². The number of morpholine rings is 1. The van der Waals surface area contributed by atoms with E-state index in [1.54, 1.807) is 18.3 Å². The van der Waals surface area contributed by atoms with Gasteiger partial charge in [-0.25, -0.2) is 14.6 Å². The number of nitrogens with zero attached hydrogens (tertiary/aromatic N) is 4. The maximum absolute atomic E-state index is 5.40. The van der Waals surface area contributed by atoms with Crippen molar-refractivity contribution in [1.82, 2.24) is 19.7 Å². The normalized spacial score (nSPS) is 15.3. The van der Waals surface area contributed by atoms with Crippen LogP contribution in [-0.2, 0) is 4.74 Å². The van der Waals surface area contributed by atoms with Crippen molar-refractivity contribution in [3.63, 3.8) is 0 Å². The molecule has 1 fully saturated rings. The van der Waals surface area contributed by atoms with E-state index in [-0.39, 0.29) is 0 Å².